The van der Waals surface area contributed by atoms with E-state index in [2.05, 4.69) is 22.1 Å². The average Bonchev–Trinajstić information content (AvgIpc) is 3.19. The minimum absolute atomic E-state index is 0.0646. The van der Waals surface area contributed by atoms with E-state index in [1.807, 2.05) is 4.57 Å². The number of allylic oxidation sites excluding steroid dienone is 1. The highest BCUT2D eigenvalue weighted by Gasteiger charge is 2.19. The summed E-state index contributed by atoms with van der Waals surface area (Å²) in [5, 5.41) is 12.0. The smallest absolute Gasteiger partial charge is 0.251 e. The Morgan fingerprint density at radius 3 is 2.68 bits per heavy atom. The summed E-state index contributed by atoms with van der Waals surface area (Å²) in [5.74, 6) is 1.63. The molecule has 0 atom stereocenters. The molecule has 0 aliphatic carbocycles. The third kappa shape index (κ3) is 6.31. The monoisotopic (exact) mass is 445 g/mol. The highest BCUT2D eigenvalue weighted by Crippen LogP contribution is 2.18. The molecule has 0 saturated carbocycles. The summed E-state index contributed by atoms with van der Waals surface area (Å²) in [6, 6.07) is 6.93. The second-order valence-corrected chi connectivity index (χ2v) is 7.76. The number of benzene rings is 1. The summed E-state index contributed by atoms with van der Waals surface area (Å²) in [6.45, 7) is 7.14. The Morgan fingerprint density at radius 1 is 1.26 bits per heavy atom. The summed E-state index contributed by atoms with van der Waals surface area (Å²) in [6.07, 6.45) is 2.28. The number of nitrogens with zero attached hydrogens (tertiary/aromatic N) is 4. The first kappa shape index (κ1) is 22.8. The number of ether oxygens (including phenoxy) is 2. The van der Waals surface area contributed by atoms with Crippen LogP contribution in [0.25, 0.3) is 0 Å². The molecular formula is C21H27N5O4S. The molecule has 166 valence electrons. The van der Waals surface area contributed by atoms with Gasteiger partial charge in [-0.1, -0.05) is 17.8 Å². The van der Waals surface area contributed by atoms with E-state index < -0.39 is 0 Å². The molecule has 10 heteroatoms. The zero-order valence-electron chi connectivity index (χ0n) is 17.6. The van der Waals surface area contributed by atoms with E-state index in [1.165, 1.54) is 11.8 Å². The summed E-state index contributed by atoms with van der Waals surface area (Å²) in [4.78, 5) is 26.5. The van der Waals surface area contributed by atoms with Crippen molar-refractivity contribution in [2.75, 3.05) is 45.7 Å². The van der Waals surface area contributed by atoms with Gasteiger partial charge < -0.3 is 24.3 Å². The van der Waals surface area contributed by atoms with Gasteiger partial charge in [0.1, 0.15) is 11.6 Å². The molecule has 31 heavy (non-hydrogen) atoms. The topological polar surface area (TPSA) is 98.6 Å². The van der Waals surface area contributed by atoms with Crippen LogP contribution in [-0.4, -0.2) is 77.2 Å². The van der Waals surface area contributed by atoms with Crippen LogP contribution in [0.3, 0.4) is 0 Å². The molecule has 1 N–H and O–H groups in total. The van der Waals surface area contributed by atoms with Crippen molar-refractivity contribution in [3.8, 4) is 5.75 Å². The molecule has 1 fully saturated rings. The molecule has 1 aliphatic rings. The first-order chi connectivity index (χ1) is 15.1. The van der Waals surface area contributed by atoms with Crippen LogP contribution in [0.5, 0.6) is 5.75 Å². The number of amides is 2. The molecule has 0 spiro atoms. The number of morpholine rings is 1. The van der Waals surface area contributed by atoms with Gasteiger partial charge in [-0.15, -0.1) is 16.8 Å². The molecule has 2 heterocycles. The molecule has 1 aromatic heterocycles. The van der Waals surface area contributed by atoms with Gasteiger partial charge >= 0.3 is 0 Å². The third-order valence-electron chi connectivity index (χ3n) is 4.78. The minimum Gasteiger partial charge on any atom is -0.497 e. The first-order valence-corrected chi connectivity index (χ1v) is 11.0. The Balaban J connectivity index is 1.53. The number of rotatable bonds is 10. The lowest BCUT2D eigenvalue weighted by molar-refractivity contribution is -0.132. The molecule has 1 saturated heterocycles. The van der Waals surface area contributed by atoms with Crippen LogP contribution in [-0.2, 0) is 22.5 Å². The van der Waals surface area contributed by atoms with Gasteiger partial charge in [0.25, 0.3) is 5.91 Å². The van der Waals surface area contributed by atoms with Gasteiger partial charge in [0.05, 0.1) is 26.1 Å². The molecule has 2 amide bonds. The lowest BCUT2D eigenvalue weighted by Gasteiger charge is -2.26. The van der Waals surface area contributed by atoms with Crippen molar-refractivity contribution in [1.29, 1.82) is 0 Å². The van der Waals surface area contributed by atoms with E-state index in [4.69, 9.17) is 9.47 Å². The number of hydrogen-bond acceptors (Lipinski definition) is 7. The molecule has 2 aromatic rings. The van der Waals surface area contributed by atoms with Crippen LogP contribution in [0.15, 0.2) is 42.1 Å². The normalized spacial score (nSPS) is 13.6. The maximum atomic E-state index is 12.4. The number of thioether (sulfide) groups is 1. The predicted molar refractivity (Wildman–Crippen MR) is 117 cm³/mol. The minimum atomic E-state index is -0.164. The predicted octanol–water partition coefficient (Wildman–Crippen LogP) is 1.40. The second-order valence-electron chi connectivity index (χ2n) is 6.81. The van der Waals surface area contributed by atoms with E-state index in [-0.39, 0.29) is 11.8 Å². The van der Waals surface area contributed by atoms with Crippen LogP contribution < -0.4 is 10.1 Å². The Bertz CT molecular complexity index is 894. The highest BCUT2D eigenvalue weighted by atomic mass is 32.2. The van der Waals surface area contributed by atoms with Crippen LogP contribution >= 0.6 is 11.8 Å². The number of hydrogen-bond donors (Lipinski definition) is 1. The largest absolute Gasteiger partial charge is 0.497 e. The maximum absolute atomic E-state index is 12.4. The summed E-state index contributed by atoms with van der Waals surface area (Å²) >= 11 is 1.36. The summed E-state index contributed by atoms with van der Waals surface area (Å²) in [5.41, 5.74) is 0.561. The number of aromatic nitrogens is 3. The highest BCUT2D eigenvalue weighted by molar-refractivity contribution is 7.99. The number of methoxy groups -OCH3 is 1. The third-order valence-corrected chi connectivity index (χ3v) is 5.73. The number of carbonyl (C=O) groups is 2. The van der Waals surface area contributed by atoms with Crippen molar-refractivity contribution in [1.82, 2.24) is 25.0 Å². The Kier molecular flexibility index (Phi) is 8.48. The van der Waals surface area contributed by atoms with Gasteiger partial charge in [-0.3, -0.25) is 9.59 Å². The number of nitrogens with one attached hydrogen (secondary N) is 1. The Morgan fingerprint density at radius 2 is 2.00 bits per heavy atom. The fourth-order valence-electron chi connectivity index (χ4n) is 3.09. The summed E-state index contributed by atoms with van der Waals surface area (Å²) in [7, 11) is 1.58. The fourth-order valence-corrected chi connectivity index (χ4v) is 3.96. The first-order valence-electron chi connectivity index (χ1n) is 10.1. The molecule has 1 aliphatic heterocycles. The zero-order valence-corrected chi connectivity index (χ0v) is 18.4. The van der Waals surface area contributed by atoms with Gasteiger partial charge in [0, 0.05) is 38.2 Å². The quantitative estimate of drug-likeness (QED) is 0.436. The van der Waals surface area contributed by atoms with E-state index in [1.54, 1.807) is 42.4 Å². The van der Waals surface area contributed by atoms with Crippen molar-refractivity contribution < 1.29 is 19.1 Å². The molecule has 0 bridgehead atoms. The molecule has 1 aromatic carbocycles. The van der Waals surface area contributed by atoms with Crippen LogP contribution in [0.4, 0.5) is 0 Å². The lowest BCUT2D eigenvalue weighted by atomic mass is 10.2. The van der Waals surface area contributed by atoms with Gasteiger partial charge in [-0.25, -0.2) is 0 Å². The second kappa shape index (κ2) is 11.5. The Hall–Kier alpha value is -2.85. The molecule has 0 radical (unpaired) electrons. The number of carbonyl (C=O) groups excluding carboxylic acids is 2. The van der Waals surface area contributed by atoms with Crippen LogP contribution in [0, 0.1) is 0 Å². The average molecular weight is 446 g/mol. The van der Waals surface area contributed by atoms with Crippen molar-refractivity contribution >= 4 is 23.6 Å². The molecular weight excluding hydrogens is 418 g/mol. The standard InChI is InChI=1S/C21H27N5O4S/c1-3-10-26-18(8-9-22-20(28)16-4-6-17(29-2)7-5-16)23-24-21(26)31-15-19(27)25-11-13-30-14-12-25/h3-7H,1,8-15H2,2H3,(H,22,28). The van der Waals surface area contributed by atoms with E-state index in [9.17, 15) is 9.59 Å². The van der Waals surface area contributed by atoms with Crippen molar-refractivity contribution in [3.05, 3.63) is 48.3 Å². The zero-order chi connectivity index (χ0) is 22.1. The van der Waals surface area contributed by atoms with Gasteiger partial charge in [0.15, 0.2) is 5.16 Å². The van der Waals surface area contributed by atoms with E-state index in [0.717, 1.165) is 5.82 Å². The Labute approximate surface area is 185 Å². The van der Waals surface area contributed by atoms with Gasteiger partial charge in [-0.05, 0) is 24.3 Å². The van der Waals surface area contributed by atoms with E-state index in [0.29, 0.717) is 68.0 Å². The van der Waals surface area contributed by atoms with Crippen molar-refractivity contribution in [3.63, 3.8) is 0 Å². The summed E-state index contributed by atoms with van der Waals surface area (Å²) < 4.78 is 12.3. The van der Waals surface area contributed by atoms with Gasteiger partial charge in [0.2, 0.25) is 5.91 Å². The van der Waals surface area contributed by atoms with E-state index >= 15 is 0 Å². The molecule has 3 rings (SSSR count). The van der Waals surface area contributed by atoms with Crippen LogP contribution in [0.1, 0.15) is 16.2 Å². The maximum Gasteiger partial charge on any atom is 0.251 e. The van der Waals surface area contributed by atoms with Crippen molar-refractivity contribution in [2.45, 2.75) is 18.1 Å². The lowest BCUT2D eigenvalue weighted by Crippen LogP contribution is -2.41. The van der Waals surface area contributed by atoms with Crippen LogP contribution in [0.2, 0.25) is 0 Å². The molecule has 9 nitrogen and oxygen atoms in total. The van der Waals surface area contributed by atoms with Crippen molar-refractivity contribution in [2.24, 2.45) is 0 Å². The molecule has 0 unspecified atom stereocenters. The fraction of sp³-hybridized carbons (Fsp3) is 0.429. The van der Waals surface area contributed by atoms with Gasteiger partial charge in [-0.2, -0.15) is 0 Å². The SMILES string of the molecule is C=CCn1c(CCNC(=O)c2ccc(OC)cc2)nnc1SCC(=O)N1CCOCC1.